The minimum atomic E-state index is -4.40. The number of nitrogens with two attached hydrogens (primary N) is 1. The first-order valence-electron chi connectivity index (χ1n) is 7.88. The van der Waals surface area contributed by atoms with Crippen LogP contribution >= 0.6 is 0 Å². The molecule has 1 amide bonds. The lowest BCUT2D eigenvalue weighted by Crippen LogP contribution is -2.12. The number of benzene rings is 2. The largest absolute Gasteiger partial charge is 0.416 e. The van der Waals surface area contributed by atoms with E-state index in [4.69, 9.17) is 10.3 Å². The molecule has 0 saturated carbocycles. The van der Waals surface area contributed by atoms with Gasteiger partial charge in [-0.3, -0.25) is 4.79 Å². The topological polar surface area (TPSA) is 94.0 Å². The molecule has 0 radical (unpaired) electrons. The van der Waals surface area contributed by atoms with Crippen molar-refractivity contribution in [2.24, 2.45) is 5.73 Å². The van der Waals surface area contributed by atoms with E-state index in [1.54, 1.807) is 18.2 Å². The molecule has 3 aromatic rings. The molecule has 3 rings (SSSR count). The number of aromatic nitrogens is 2. The van der Waals surface area contributed by atoms with Crippen molar-refractivity contribution in [3.8, 4) is 11.4 Å². The van der Waals surface area contributed by atoms with E-state index in [2.05, 4.69) is 15.5 Å². The minimum Gasteiger partial charge on any atom is -0.376 e. The summed E-state index contributed by atoms with van der Waals surface area (Å²) >= 11 is 0. The Balaban J connectivity index is 1.72. The van der Waals surface area contributed by atoms with Crippen molar-refractivity contribution in [3.63, 3.8) is 0 Å². The summed E-state index contributed by atoms with van der Waals surface area (Å²) < 4.78 is 43.0. The van der Waals surface area contributed by atoms with Gasteiger partial charge in [-0.15, -0.1) is 0 Å². The zero-order valence-electron chi connectivity index (χ0n) is 14.2. The monoisotopic (exact) mass is 376 g/mol. The van der Waals surface area contributed by atoms with Crippen molar-refractivity contribution >= 4 is 11.6 Å². The molecule has 6 nitrogen and oxygen atoms in total. The molecule has 0 saturated heterocycles. The van der Waals surface area contributed by atoms with Crippen LogP contribution in [0.2, 0.25) is 0 Å². The van der Waals surface area contributed by atoms with Gasteiger partial charge in [-0.2, -0.15) is 18.2 Å². The highest BCUT2D eigenvalue weighted by atomic mass is 19.4. The highest BCUT2D eigenvalue weighted by Crippen LogP contribution is 2.30. The summed E-state index contributed by atoms with van der Waals surface area (Å²) in [5.74, 6) is -0.114. The fourth-order valence-corrected chi connectivity index (χ4v) is 2.39. The van der Waals surface area contributed by atoms with Gasteiger partial charge in [0.25, 0.3) is 0 Å². The summed E-state index contributed by atoms with van der Waals surface area (Å²) in [6.45, 7) is 2.03. The normalized spacial score (nSPS) is 11.4. The number of rotatable bonds is 5. The molecule has 1 heterocycles. The van der Waals surface area contributed by atoms with E-state index in [-0.39, 0.29) is 18.3 Å². The number of carbonyl (C=O) groups is 1. The first-order valence-corrected chi connectivity index (χ1v) is 7.88. The van der Waals surface area contributed by atoms with Gasteiger partial charge in [0.1, 0.15) is 0 Å². The van der Waals surface area contributed by atoms with Crippen LogP contribution in [-0.4, -0.2) is 16.0 Å². The van der Waals surface area contributed by atoms with E-state index in [9.17, 15) is 18.0 Å². The number of nitrogens with one attached hydrogen (secondary N) is 1. The molecule has 0 spiro atoms. The molecule has 140 valence electrons. The van der Waals surface area contributed by atoms with Crippen molar-refractivity contribution in [2.75, 3.05) is 5.32 Å². The van der Waals surface area contributed by atoms with Crippen molar-refractivity contribution in [1.29, 1.82) is 0 Å². The van der Waals surface area contributed by atoms with Crippen LogP contribution in [0.15, 0.2) is 47.0 Å². The smallest absolute Gasteiger partial charge is 0.376 e. The molecule has 0 fully saturated rings. The number of primary amides is 1. The summed E-state index contributed by atoms with van der Waals surface area (Å²) in [6.07, 6.45) is -4.40. The van der Waals surface area contributed by atoms with E-state index in [0.29, 0.717) is 16.8 Å². The fraction of sp³-hybridized carbons (Fsp3) is 0.167. The molecule has 0 unspecified atom stereocenters. The summed E-state index contributed by atoms with van der Waals surface area (Å²) in [6, 6.07) is 9.48. The first kappa shape index (κ1) is 18.4. The van der Waals surface area contributed by atoms with E-state index in [1.807, 2.05) is 6.92 Å². The molecule has 9 heteroatoms. The van der Waals surface area contributed by atoms with Gasteiger partial charge in [0.15, 0.2) is 0 Å². The van der Waals surface area contributed by atoms with Crippen LogP contribution in [-0.2, 0) is 12.7 Å². The SMILES string of the molecule is Cc1ccc(C(N)=O)cc1NCc1nc(-c2ccc(C(F)(F)F)cc2)no1. The minimum absolute atomic E-state index is 0.177. The number of hydrogen-bond acceptors (Lipinski definition) is 5. The first-order chi connectivity index (χ1) is 12.7. The van der Waals surface area contributed by atoms with Gasteiger partial charge >= 0.3 is 6.18 Å². The molecule has 27 heavy (non-hydrogen) atoms. The van der Waals surface area contributed by atoms with Crippen LogP contribution in [0.4, 0.5) is 18.9 Å². The van der Waals surface area contributed by atoms with Gasteiger partial charge in [-0.25, -0.2) is 0 Å². The summed E-state index contributed by atoms with van der Waals surface area (Å²) in [5, 5.41) is 6.84. The Morgan fingerprint density at radius 3 is 2.52 bits per heavy atom. The number of nitrogens with zero attached hydrogens (tertiary/aromatic N) is 2. The van der Waals surface area contributed by atoms with Crippen LogP contribution in [0.5, 0.6) is 0 Å². The number of aryl methyl sites for hydroxylation is 1. The average Bonchev–Trinajstić information content (AvgIpc) is 3.09. The van der Waals surface area contributed by atoms with Crippen LogP contribution < -0.4 is 11.1 Å². The second kappa shape index (κ2) is 7.10. The maximum absolute atomic E-state index is 12.6. The van der Waals surface area contributed by atoms with Gasteiger partial charge in [-0.05, 0) is 36.8 Å². The Morgan fingerprint density at radius 2 is 1.89 bits per heavy atom. The van der Waals surface area contributed by atoms with Crippen LogP contribution in [0.3, 0.4) is 0 Å². The summed E-state index contributed by atoms with van der Waals surface area (Å²) in [5.41, 5.74) is 6.86. The molecule has 3 N–H and O–H groups in total. The van der Waals surface area contributed by atoms with Gasteiger partial charge in [0.2, 0.25) is 17.6 Å². The van der Waals surface area contributed by atoms with Gasteiger partial charge in [0.05, 0.1) is 12.1 Å². The Morgan fingerprint density at radius 1 is 1.19 bits per heavy atom. The highest BCUT2D eigenvalue weighted by molar-refractivity contribution is 5.94. The number of hydrogen-bond donors (Lipinski definition) is 2. The van der Waals surface area contributed by atoms with E-state index in [1.165, 1.54) is 12.1 Å². The zero-order chi connectivity index (χ0) is 19.6. The Hall–Kier alpha value is -3.36. The Kier molecular flexibility index (Phi) is 4.85. The lowest BCUT2D eigenvalue weighted by atomic mass is 10.1. The highest BCUT2D eigenvalue weighted by Gasteiger charge is 2.30. The molecule has 1 aromatic heterocycles. The molecule has 0 atom stereocenters. The van der Waals surface area contributed by atoms with Crippen molar-refractivity contribution in [2.45, 2.75) is 19.6 Å². The van der Waals surface area contributed by atoms with Gasteiger partial charge < -0.3 is 15.6 Å². The third-order valence-electron chi connectivity index (χ3n) is 3.89. The Labute approximate surface area is 152 Å². The summed E-state index contributed by atoms with van der Waals surface area (Å²) in [7, 11) is 0. The second-order valence-corrected chi connectivity index (χ2v) is 5.83. The predicted molar refractivity (Wildman–Crippen MR) is 91.8 cm³/mol. The maximum Gasteiger partial charge on any atom is 0.416 e. The molecule has 0 aliphatic carbocycles. The van der Waals surface area contributed by atoms with Gasteiger partial charge in [0, 0.05) is 16.8 Å². The van der Waals surface area contributed by atoms with Gasteiger partial charge in [-0.1, -0.05) is 23.4 Å². The van der Waals surface area contributed by atoms with Crippen LogP contribution in [0, 0.1) is 6.92 Å². The maximum atomic E-state index is 12.6. The van der Waals surface area contributed by atoms with E-state index >= 15 is 0 Å². The number of anilines is 1. The fourth-order valence-electron chi connectivity index (χ4n) is 2.39. The van der Waals surface area contributed by atoms with E-state index in [0.717, 1.165) is 17.7 Å². The quantitative estimate of drug-likeness (QED) is 0.707. The Bertz CT molecular complexity index is 965. The van der Waals surface area contributed by atoms with Crippen molar-refractivity contribution < 1.29 is 22.5 Å². The molecule has 0 aliphatic heterocycles. The molecule has 0 aliphatic rings. The average molecular weight is 376 g/mol. The number of alkyl halides is 3. The van der Waals surface area contributed by atoms with Crippen LogP contribution in [0.25, 0.3) is 11.4 Å². The molecule has 2 aromatic carbocycles. The predicted octanol–water partition coefficient (Wildman–Crippen LogP) is 3.77. The standard InChI is InChI=1S/C18H15F3N4O2/c1-10-2-3-12(16(22)26)8-14(10)23-9-15-24-17(25-27-15)11-4-6-13(7-5-11)18(19,20)21/h2-8,23H,9H2,1H3,(H2,22,26). The summed E-state index contributed by atoms with van der Waals surface area (Å²) in [4.78, 5) is 15.4. The van der Waals surface area contributed by atoms with Crippen LogP contribution in [0.1, 0.15) is 27.4 Å². The number of halogens is 3. The van der Waals surface area contributed by atoms with Crippen molar-refractivity contribution in [1.82, 2.24) is 10.1 Å². The molecular formula is C18H15F3N4O2. The van der Waals surface area contributed by atoms with Crippen molar-refractivity contribution in [3.05, 3.63) is 65.0 Å². The number of amides is 1. The second-order valence-electron chi connectivity index (χ2n) is 5.83. The zero-order valence-corrected chi connectivity index (χ0v) is 14.2. The third-order valence-corrected chi connectivity index (χ3v) is 3.89. The lowest BCUT2D eigenvalue weighted by Gasteiger charge is -2.08. The van der Waals surface area contributed by atoms with E-state index < -0.39 is 17.6 Å². The lowest BCUT2D eigenvalue weighted by molar-refractivity contribution is -0.137. The molecule has 0 bridgehead atoms. The number of carbonyl (C=O) groups excluding carboxylic acids is 1. The molecular weight excluding hydrogens is 361 g/mol. The third kappa shape index (κ3) is 4.25.